The van der Waals surface area contributed by atoms with E-state index in [1.165, 1.54) is 11.8 Å². The third-order valence-electron chi connectivity index (χ3n) is 5.36. The Morgan fingerprint density at radius 3 is 2.88 bits per heavy atom. The highest BCUT2D eigenvalue weighted by Crippen LogP contribution is 2.36. The minimum absolute atomic E-state index is 0.106. The van der Waals surface area contributed by atoms with Gasteiger partial charge in [-0.1, -0.05) is 41.6 Å². The highest BCUT2D eigenvalue weighted by Gasteiger charge is 2.17. The van der Waals surface area contributed by atoms with Crippen LogP contribution in [0.25, 0.3) is 27.0 Å². The van der Waals surface area contributed by atoms with Crippen LogP contribution in [0, 0.1) is 0 Å². The van der Waals surface area contributed by atoms with Crippen molar-refractivity contribution in [2.75, 3.05) is 12.5 Å². The van der Waals surface area contributed by atoms with Gasteiger partial charge in [0.25, 0.3) is 0 Å². The largest absolute Gasteiger partial charge is 0.454 e. The van der Waals surface area contributed by atoms with Gasteiger partial charge in [0.2, 0.25) is 12.7 Å². The number of nitrogens with zero attached hydrogens (tertiary/aromatic N) is 4. The lowest BCUT2D eigenvalue weighted by Crippen LogP contribution is -2.24. The summed E-state index contributed by atoms with van der Waals surface area (Å²) in [5.41, 5.74) is 3.71. The van der Waals surface area contributed by atoms with E-state index in [4.69, 9.17) is 21.1 Å². The minimum atomic E-state index is -0.106. The van der Waals surface area contributed by atoms with Crippen LogP contribution in [0.5, 0.6) is 11.5 Å². The van der Waals surface area contributed by atoms with Gasteiger partial charge in [-0.25, -0.2) is 4.98 Å². The Balaban J connectivity index is 1.18. The van der Waals surface area contributed by atoms with Crippen molar-refractivity contribution in [1.82, 2.24) is 24.9 Å². The van der Waals surface area contributed by atoms with E-state index in [-0.39, 0.29) is 18.5 Å². The van der Waals surface area contributed by atoms with Crippen molar-refractivity contribution in [3.8, 4) is 22.6 Å². The fraction of sp³-hybridized carbons (Fsp3) is 0.130. The maximum absolute atomic E-state index is 12.4. The highest BCUT2D eigenvalue weighted by molar-refractivity contribution is 7.99. The van der Waals surface area contributed by atoms with E-state index in [1.54, 1.807) is 17.7 Å². The second-order valence-corrected chi connectivity index (χ2v) is 9.75. The number of halogens is 1. The van der Waals surface area contributed by atoms with Crippen molar-refractivity contribution in [3.05, 3.63) is 64.8 Å². The predicted molar refractivity (Wildman–Crippen MR) is 132 cm³/mol. The molecule has 11 heteroatoms. The van der Waals surface area contributed by atoms with Gasteiger partial charge in [-0.3, -0.25) is 9.20 Å². The van der Waals surface area contributed by atoms with Crippen molar-refractivity contribution in [2.24, 2.45) is 0 Å². The number of benzene rings is 2. The molecule has 0 fully saturated rings. The molecule has 8 nitrogen and oxygen atoms in total. The summed E-state index contributed by atoms with van der Waals surface area (Å²) < 4.78 is 12.5. The molecule has 0 saturated carbocycles. The first-order valence-electron chi connectivity index (χ1n) is 10.3. The zero-order chi connectivity index (χ0) is 23.1. The lowest BCUT2D eigenvalue weighted by atomic mass is 10.1. The number of hydrogen-bond acceptors (Lipinski definition) is 8. The summed E-state index contributed by atoms with van der Waals surface area (Å²) in [4.78, 5) is 17.9. The lowest BCUT2D eigenvalue weighted by molar-refractivity contribution is -0.118. The van der Waals surface area contributed by atoms with E-state index >= 15 is 0 Å². The highest BCUT2D eigenvalue weighted by atomic mass is 35.5. The van der Waals surface area contributed by atoms with Gasteiger partial charge in [-0.2, -0.15) is 0 Å². The molecular formula is C23H16ClN5O3S2. The molecule has 1 N–H and O–H groups in total. The molecule has 0 atom stereocenters. The average Bonchev–Trinajstić information content (AvgIpc) is 3.59. The van der Waals surface area contributed by atoms with Crippen LogP contribution in [0.2, 0.25) is 5.02 Å². The summed E-state index contributed by atoms with van der Waals surface area (Å²) in [6.07, 6.45) is 1.70. The van der Waals surface area contributed by atoms with Crippen molar-refractivity contribution in [1.29, 1.82) is 0 Å². The molecule has 0 bridgehead atoms. The molecule has 4 heterocycles. The SMILES string of the molecule is O=C(CSc1nnc2c3c(-c4ccc(Cl)cc4)csc3ncn12)NCc1ccc2c(c1)OCO2. The van der Waals surface area contributed by atoms with Gasteiger partial charge in [0, 0.05) is 22.5 Å². The molecule has 6 rings (SSSR count). The number of carbonyl (C=O) groups excluding carboxylic acids is 1. The van der Waals surface area contributed by atoms with Gasteiger partial charge in [-0.05, 0) is 35.4 Å². The van der Waals surface area contributed by atoms with Crippen LogP contribution in [0.4, 0.5) is 0 Å². The number of fused-ring (bicyclic) bond motifs is 4. The number of hydrogen-bond donors (Lipinski definition) is 1. The molecule has 5 aromatic rings. The molecule has 1 aliphatic heterocycles. The first-order chi connectivity index (χ1) is 16.7. The molecule has 1 amide bonds. The first kappa shape index (κ1) is 21.2. The molecule has 0 radical (unpaired) electrons. The molecule has 2 aromatic carbocycles. The predicted octanol–water partition coefficient (Wildman–Crippen LogP) is 4.80. The van der Waals surface area contributed by atoms with Crippen LogP contribution in [-0.4, -0.2) is 38.0 Å². The monoisotopic (exact) mass is 509 g/mol. The van der Waals surface area contributed by atoms with Gasteiger partial charge >= 0.3 is 0 Å². The molecule has 34 heavy (non-hydrogen) atoms. The lowest BCUT2D eigenvalue weighted by Gasteiger charge is -2.06. The van der Waals surface area contributed by atoms with Crippen molar-refractivity contribution in [3.63, 3.8) is 0 Å². The number of thiophene rings is 1. The van der Waals surface area contributed by atoms with E-state index in [0.717, 1.165) is 32.7 Å². The maximum atomic E-state index is 12.4. The Morgan fingerprint density at radius 1 is 1.15 bits per heavy atom. The van der Waals surface area contributed by atoms with Crippen LogP contribution in [0.15, 0.2) is 59.3 Å². The van der Waals surface area contributed by atoms with E-state index in [9.17, 15) is 4.79 Å². The maximum Gasteiger partial charge on any atom is 0.231 e. The zero-order valence-electron chi connectivity index (χ0n) is 17.5. The second-order valence-electron chi connectivity index (χ2n) is 7.51. The van der Waals surface area contributed by atoms with Gasteiger partial charge in [-0.15, -0.1) is 21.5 Å². The Labute approximate surface area is 206 Å². The Hall–Kier alpha value is -3.34. The molecular weight excluding hydrogens is 494 g/mol. The van der Waals surface area contributed by atoms with Crippen LogP contribution >= 0.6 is 34.7 Å². The van der Waals surface area contributed by atoms with E-state index in [0.29, 0.717) is 28.1 Å². The Morgan fingerprint density at radius 2 is 2.00 bits per heavy atom. The number of aromatic nitrogens is 4. The number of nitrogens with one attached hydrogen (secondary N) is 1. The quantitative estimate of drug-likeness (QED) is 0.329. The summed E-state index contributed by atoms with van der Waals surface area (Å²) in [5.74, 6) is 1.51. The molecule has 170 valence electrons. The molecule has 3 aromatic heterocycles. The van der Waals surface area contributed by atoms with Crippen LogP contribution in [-0.2, 0) is 11.3 Å². The molecule has 0 saturated heterocycles. The van der Waals surface area contributed by atoms with Gasteiger partial charge in [0.15, 0.2) is 22.3 Å². The number of amides is 1. The Kier molecular flexibility index (Phi) is 5.48. The van der Waals surface area contributed by atoms with E-state index in [1.807, 2.05) is 46.9 Å². The molecule has 1 aliphatic rings. The topological polar surface area (TPSA) is 90.6 Å². The fourth-order valence-electron chi connectivity index (χ4n) is 3.69. The third-order valence-corrected chi connectivity index (χ3v) is 7.45. The number of carbonyl (C=O) groups is 1. The smallest absolute Gasteiger partial charge is 0.231 e. The molecule has 0 aliphatic carbocycles. The van der Waals surface area contributed by atoms with Gasteiger partial charge in [0.1, 0.15) is 11.2 Å². The fourth-order valence-corrected chi connectivity index (χ4v) is 5.46. The van der Waals surface area contributed by atoms with Crippen LogP contribution < -0.4 is 14.8 Å². The first-order valence-corrected chi connectivity index (χ1v) is 12.5. The summed E-state index contributed by atoms with van der Waals surface area (Å²) >= 11 is 8.91. The number of ether oxygens (including phenoxy) is 2. The van der Waals surface area contributed by atoms with Gasteiger partial charge < -0.3 is 14.8 Å². The van der Waals surface area contributed by atoms with Crippen molar-refractivity contribution in [2.45, 2.75) is 11.7 Å². The minimum Gasteiger partial charge on any atom is -0.454 e. The van der Waals surface area contributed by atoms with E-state index in [2.05, 4.69) is 25.9 Å². The number of rotatable bonds is 6. The second kappa shape index (κ2) is 8.79. The zero-order valence-corrected chi connectivity index (χ0v) is 19.9. The summed E-state index contributed by atoms with van der Waals surface area (Å²) in [7, 11) is 0. The molecule has 0 spiro atoms. The van der Waals surface area contributed by atoms with Gasteiger partial charge in [0.05, 0.1) is 11.1 Å². The standard InChI is InChI=1S/C23H16ClN5O3S2/c24-15-4-2-14(3-5-15)16-9-33-22-20(16)21-27-28-23(29(21)11-26-22)34-10-19(30)25-8-13-1-6-17-18(7-13)32-12-31-17/h1-7,9,11H,8,10,12H2,(H,25,30). The van der Waals surface area contributed by atoms with Crippen molar-refractivity contribution >= 4 is 56.5 Å². The normalized spacial score (nSPS) is 12.5. The summed E-state index contributed by atoms with van der Waals surface area (Å²) in [6.45, 7) is 0.625. The number of thioether (sulfide) groups is 1. The van der Waals surface area contributed by atoms with E-state index < -0.39 is 0 Å². The van der Waals surface area contributed by atoms with Crippen LogP contribution in [0.3, 0.4) is 0 Å². The Bertz CT molecular complexity index is 1530. The van der Waals surface area contributed by atoms with Crippen LogP contribution in [0.1, 0.15) is 5.56 Å². The average molecular weight is 510 g/mol. The third kappa shape index (κ3) is 3.93. The summed E-state index contributed by atoms with van der Waals surface area (Å²) in [5, 5.41) is 15.9. The molecule has 0 unspecified atom stereocenters. The van der Waals surface area contributed by atoms with Crippen molar-refractivity contribution < 1.29 is 14.3 Å². The summed E-state index contributed by atoms with van der Waals surface area (Å²) in [6, 6.07) is 13.3.